The topological polar surface area (TPSA) is 58.6 Å². The van der Waals surface area contributed by atoms with Crippen LogP contribution < -0.4 is 10.1 Å². The van der Waals surface area contributed by atoms with E-state index in [2.05, 4.69) is 5.32 Å². The Bertz CT molecular complexity index is 865. The molecule has 0 saturated heterocycles. The summed E-state index contributed by atoms with van der Waals surface area (Å²) in [5.41, 5.74) is 0.712. The van der Waals surface area contributed by atoms with Gasteiger partial charge in [-0.2, -0.15) is 0 Å². The molecule has 166 valence electrons. The molecule has 1 unspecified atom stereocenters. The van der Waals surface area contributed by atoms with Gasteiger partial charge < -0.3 is 15.0 Å². The van der Waals surface area contributed by atoms with Crippen molar-refractivity contribution in [3.63, 3.8) is 0 Å². The van der Waals surface area contributed by atoms with E-state index in [-0.39, 0.29) is 36.8 Å². The summed E-state index contributed by atoms with van der Waals surface area (Å²) in [4.78, 5) is 27.5. The molecule has 1 fully saturated rings. The van der Waals surface area contributed by atoms with Gasteiger partial charge >= 0.3 is 0 Å². The number of nitrogens with zero attached hydrogens (tertiary/aromatic N) is 1. The van der Waals surface area contributed by atoms with Gasteiger partial charge in [0.2, 0.25) is 5.91 Å². The molecule has 1 aliphatic rings. The average Bonchev–Trinajstić information content (AvgIpc) is 3.27. The minimum Gasteiger partial charge on any atom is -0.484 e. The van der Waals surface area contributed by atoms with Crippen LogP contribution in [0.3, 0.4) is 0 Å². The maximum Gasteiger partial charge on any atom is 0.261 e. The van der Waals surface area contributed by atoms with Crippen molar-refractivity contribution in [2.75, 3.05) is 6.61 Å². The van der Waals surface area contributed by atoms with Gasteiger partial charge in [-0.3, -0.25) is 9.59 Å². The fourth-order valence-electron chi connectivity index (χ4n) is 3.83. The van der Waals surface area contributed by atoms with Crippen LogP contribution in [0.25, 0.3) is 0 Å². The maximum absolute atomic E-state index is 13.3. The molecule has 31 heavy (non-hydrogen) atoms. The molecule has 2 amide bonds. The van der Waals surface area contributed by atoms with Gasteiger partial charge in [-0.15, -0.1) is 0 Å². The van der Waals surface area contributed by atoms with Gasteiger partial charge in [-0.05, 0) is 61.2 Å². The largest absolute Gasteiger partial charge is 0.484 e. The number of rotatable bonds is 9. The molecule has 0 bridgehead atoms. The lowest BCUT2D eigenvalue weighted by molar-refractivity contribution is -0.143. The molecule has 1 N–H and O–H groups in total. The summed E-state index contributed by atoms with van der Waals surface area (Å²) in [6, 6.07) is 10.7. The van der Waals surface area contributed by atoms with Crippen LogP contribution in [-0.2, 0) is 16.1 Å². The van der Waals surface area contributed by atoms with Crippen molar-refractivity contribution in [3.8, 4) is 5.75 Å². The zero-order valence-electron chi connectivity index (χ0n) is 17.7. The summed E-state index contributed by atoms with van der Waals surface area (Å²) in [6.45, 7) is 1.72. The summed E-state index contributed by atoms with van der Waals surface area (Å²) in [5.74, 6) is -0.966. The molecule has 1 atom stereocenters. The van der Waals surface area contributed by atoms with E-state index < -0.39 is 11.9 Å². The SMILES string of the molecule is CCC(C(=O)NC1CCCC1)N(Cc1ccc(F)cc1)C(=O)COc1ccc(F)cc1. The van der Waals surface area contributed by atoms with E-state index in [0.29, 0.717) is 17.7 Å². The predicted octanol–water partition coefficient (Wildman–Crippen LogP) is 4.21. The van der Waals surface area contributed by atoms with E-state index in [0.717, 1.165) is 25.7 Å². The number of carbonyl (C=O) groups is 2. The molecule has 2 aromatic carbocycles. The lowest BCUT2D eigenvalue weighted by Gasteiger charge is -2.31. The van der Waals surface area contributed by atoms with E-state index in [1.807, 2.05) is 6.92 Å². The molecule has 0 aromatic heterocycles. The molecule has 1 aliphatic carbocycles. The van der Waals surface area contributed by atoms with Crippen molar-refractivity contribution < 1.29 is 23.1 Å². The third-order valence-electron chi connectivity index (χ3n) is 5.53. The molecule has 0 aliphatic heterocycles. The zero-order valence-corrected chi connectivity index (χ0v) is 17.7. The predicted molar refractivity (Wildman–Crippen MR) is 113 cm³/mol. The van der Waals surface area contributed by atoms with Gasteiger partial charge in [0.05, 0.1) is 0 Å². The Kier molecular flexibility index (Phi) is 7.98. The highest BCUT2D eigenvalue weighted by molar-refractivity contribution is 5.88. The molecule has 3 rings (SSSR count). The Morgan fingerprint density at radius 1 is 1.03 bits per heavy atom. The third-order valence-corrected chi connectivity index (χ3v) is 5.53. The molecule has 2 aromatic rings. The highest BCUT2D eigenvalue weighted by Crippen LogP contribution is 2.20. The van der Waals surface area contributed by atoms with Crippen molar-refractivity contribution in [2.45, 2.75) is 57.7 Å². The van der Waals surface area contributed by atoms with E-state index in [1.165, 1.54) is 41.3 Å². The van der Waals surface area contributed by atoms with Gasteiger partial charge in [-0.25, -0.2) is 8.78 Å². The smallest absolute Gasteiger partial charge is 0.261 e. The molecule has 7 heteroatoms. The first kappa shape index (κ1) is 22.7. The number of amides is 2. The zero-order chi connectivity index (χ0) is 22.2. The molecular formula is C24H28F2N2O3. The molecular weight excluding hydrogens is 402 g/mol. The summed E-state index contributed by atoms with van der Waals surface area (Å²) >= 11 is 0. The third kappa shape index (κ3) is 6.51. The fraction of sp³-hybridized carbons (Fsp3) is 0.417. The molecule has 0 radical (unpaired) electrons. The average molecular weight is 430 g/mol. The van der Waals surface area contributed by atoms with Crippen molar-refractivity contribution in [1.82, 2.24) is 10.2 Å². The number of benzene rings is 2. The Balaban J connectivity index is 1.74. The van der Waals surface area contributed by atoms with Crippen molar-refractivity contribution in [1.29, 1.82) is 0 Å². The number of hydrogen-bond donors (Lipinski definition) is 1. The molecule has 1 saturated carbocycles. The monoisotopic (exact) mass is 430 g/mol. The standard InChI is InChI=1S/C24H28F2N2O3/c1-2-22(24(30)27-20-5-3-4-6-20)28(15-17-7-9-18(25)10-8-17)23(29)16-31-21-13-11-19(26)12-14-21/h7-14,20,22H,2-6,15-16H2,1H3,(H,27,30). The first-order valence-corrected chi connectivity index (χ1v) is 10.7. The Morgan fingerprint density at radius 3 is 2.19 bits per heavy atom. The summed E-state index contributed by atoms with van der Waals surface area (Å²) in [6.07, 6.45) is 4.50. The Morgan fingerprint density at radius 2 is 1.61 bits per heavy atom. The second kappa shape index (κ2) is 10.9. The minimum atomic E-state index is -0.671. The van der Waals surface area contributed by atoms with Crippen LogP contribution in [0.2, 0.25) is 0 Å². The van der Waals surface area contributed by atoms with Crippen molar-refractivity contribution >= 4 is 11.8 Å². The highest BCUT2D eigenvalue weighted by atomic mass is 19.1. The minimum absolute atomic E-state index is 0.139. The van der Waals surface area contributed by atoms with E-state index >= 15 is 0 Å². The maximum atomic E-state index is 13.3. The van der Waals surface area contributed by atoms with E-state index in [1.54, 1.807) is 12.1 Å². The quantitative estimate of drug-likeness (QED) is 0.648. The lowest BCUT2D eigenvalue weighted by Crippen LogP contribution is -2.52. The van der Waals surface area contributed by atoms with Crippen molar-refractivity contribution in [3.05, 3.63) is 65.7 Å². The van der Waals surface area contributed by atoms with Crippen LogP contribution in [-0.4, -0.2) is 35.4 Å². The summed E-state index contributed by atoms with van der Waals surface area (Å²) in [5, 5.41) is 3.06. The second-order valence-corrected chi connectivity index (χ2v) is 7.80. The lowest BCUT2D eigenvalue weighted by atomic mass is 10.1. The van der Waals surface area contributed by atoms with Gasteiger partial charge in [0.25, 0.3) is 5.91 Å². The Labute approximate surface area is 181 Å². The van der Waals surface area contributed by atoms with Crippen molar-refractivity contribution in [2.24, 2.45) is 0 Å². The summed E-state index contributed by atoms with van der Waals surface area (Å²) in [7, 11) is 0. The van der Waals surface area contributed by atoms with Crippen LogP contribution in [0.4, 0.5) is 8.78 Å². The number of carbonyl (C=O) groups excluding carboxylic acids is 2. The van der Waals surface area contributed by atoms with E-state index in [9.17, 15) is 18.4 Å². The molecule has 0 spiro atoms. The normalized spacial score (nSPS) is 14.8. The van der Waals surface area contributed by atoms with E-state index in [4.69, 9.17) is 4.74 Å². The number of nitrogens with one attached hydrogen (secondary N) is 1. The van der Waals surface area contributed by atoms with Crippen LogP contribution in [0.1, 0.15) is 44.6 Å². The van der Waals surface area contributed by atoms with Crippen LogP contribution in [0, 0.1) is 11.6 Å². The molecule has 0 heterocycles. The molecule has 5 nitrogen and oxygen atoms in total. The fourth-order valence-corrected chi connectivity index (χ4v) is 3.83. The van der Waals surface area contributed by atoms with Gasteiger partial charge in [-0.1, -0.05) is 31.9 Å². The highest BCUT2D eigenvalue weighted by Gasteiger charge is 2.30. The van der Waals surface area contributed by atoms with Gasteiger partial charge in [0, 0.05) is 12.6 Å². The van der Waals surface area contributed by atoms with Crippen LogP contribution in [0.15, 0.2) is 48.5 Å². The number of halogens is 2. The van der Waals surface area contributed by atoms with Crippen LogP contribution >= 0.6 is 0 Å². The van der Waals surface area contributed by atoms with Gasteiger partial charge in [0.15, 0.2) is 6.61 Å². The Hall–Kier alpha value is -2.96. The summed E-state index contributed by atoms with van der Waals surface area (Å²) < 4.78 is 31.9. The first-order valence-electron chi connectivity index (χ1n) is 10.7. The van der Waals surface area contributed by atoms with Crippen LogP contribution in [0.5, 0.6) is 5.75 Å². The van der Waals surface area contributed by atoms with Gasteiger partial charge in [0.1, 0.15) is 23.4 Å². The number of hydrogen-bond acceptors (Lipinski definition) is 3. The first-order chi connectivity index (χ1) is 15.0. The second-order valence-electron chi connectivity index (χ2n) is 7.80. The number of ether oxygens (including phenoxy) is 1.